The summed E-state index contributed by atoms with van der Waals surface area (Å²) in [5, 5.41) is 3.05. The summed E-state index contributed by atoms with van der Waals surface area (Å²) in [7, 11) is -3.20. The van der Waals surface area contributed by atoms with Gasteiger partial charge in [0.25, 0.3) is 5.91 Å². The first-order valence-corrected chi connectivity index (χ1v) is 11.6. The minimum atomic E-state index is -3.20. The van der Waals surface area contributed by atoms with Crippen LogP contribution >= 0.6 is 0 Å². The highest BCUT2D eigenvalue weighted by atomic mass is 32.2. The molecule has 0 bridgehead atoms. The molecule has 1 atom stereocenters. The van der Waals surface area contributed by atoms with E-state index in [1.807, 2.05) is 6.92 Å². The van der Waals surface area contributed by atoms with E-state index in [4.69, 9.17) is 0 Å². The number of nitrogens with zero attached hydrogens (tertiary/aromatic N) is 1. The van der Waals surface area contributed by atoms with Crippen molar-refractivity contribution in [1.29, 1.82) is 0 Å². The number of carbonyl (C=O) groups is 1. The lowest BCUT2D eigenvalue weighted by atomic mass is 9.89. The molecule has 0 radical (unpaired) electrons. The van der Waals surface area contributed by atoms with Crippen LogP contribution in [-0.2, 0) is 22.9 Å². The van der Waals surface area contributed by atoms with Gasteiger partial charge in [-0.3, -0.25) is 9.10 Å². The van der Waals surface area contributed by atoms with Gasteiger partial charge in [-0.2, -0.15) is 0 Å². The van der Waals surface area contributed by atoms with E-state index >= 15 is 0 Å². The molecule has 2 aromatic carbocycles. The van der Waals surface area contributed by atoms with Crippen molar-refractivity contribution in [3.8, 4) is 0 Å². The molecule has 0 spiro atoms. The molecule has 1 heterocycles. The zero-order valence-corrected chi connectivity index (χ0v) is 17.0. The number of carbonyl (C=O) groups excluding carboxylic acids is 1. The molecule has 1 fully saturated rings. The topological polar surface area (TPSA) is 66.5 Å². The number of anilines is 1. The van der Waals surface area contributed by atoms with Crippen molar-refractivity contribution in [2.24, 2.45) is 0 Å². The lowest BCUT2D eigenvalue weighted by Gasteiger charge is -2.20. The minimum Gasteiger partial charge on any atom is -0.346 e. The lowest BCUT2D eigenvalue weighted by molar-refractivity contribution is 0.0940. The zero-order valence-electron chi connectivity index (χ0n) is 16.1. The molecule has 5 nitrogen and oxygen atoms in total. The summed E-state index contributed by atoms with van der Waals surface area (Å²) >= 11 is 0. The van der Waals surface area contributed by atoms with Crippen molar-refractivity contribution in [1.82, 2.24) is 5.32 Å². The van der Waals surface area contributed by atoms with Crippen molar-refractivity contribution in [3.63, 3.8) is 0 Å². The molecule has 0 aromatic heterocycles. The summed E-state index contributed by atoms with van der Waals surface area (Å²) in [6.45, 7) is 2.50. The predicted octanol–water partition coefficient (Wildman–Crippen LogP) is 3.60. The Balaban J connectivity index is 1.45. The molecule has 28 heavy (non-hydrogen) atoms. The Labute approximate surface area is 166 Å². The average Bonchev–Trinajstić information content (AvgIpc) is 3.06. The predicted molar refractivity (Wildman–Crippen MR) is 111 cm³/mol. The van der Waals surface area contributed by atoms with Crippen LogP contribution in [0.2, 0.25) is 0 Å². The summed E-state index contributed by atoms with van der Waals surface area (Å²) in [5.41, 5.74) is 5.11. The highest BCUT2D eigenvalue weighted by Gasteiger charge is 2.28. The van der Waals surface area contributed by atoms with Gasteiger partial charge in [0.2, 0.25) is 10.0 Å². The zero-order chi connectivity index (χ0) is 19.7. The van der Waals surface area contributed by atoms with Gasteiger partial charge in [0.05, 0.1) is 17.5 Å². The van der Waals surface area contributed by atoms with Gasteiger partial charge in [-0.15, -0.1) is 0 Å². The Hall–Kier alpha value is -2.34. The molecule has 1 aliphatic heterocycles. The number of aryl methyl sites for hydroxylation is 2. The van der Waals surface area contributed by atoms with Gasteiger partial charge in [-0.05, 0) is 80.0 Å². The van der Waals surface area contributed by atoms with Gasteiger partial charge < -0.3 is 5.32 Å². The van der Waals surface area contributed by atoms with Crippen LogP contribution in [-0.4, -0.2) is 26.6 Å². The summed E-state index contributed by atoms with van der Waals surface area (Å²) < 4.78 is 25.5. The standard InChI is InChI=1S/C22H26N2O3S/c1-16(19-8-7-17-5-2-3-6-20(17)15-19)23-22(25)18-9-11-21(12-10-18)24-13-4-14-28(24,26)27/h7-12,15-16H,2-6,13-14H2,1H3,(H,23,25). The van der Waals surface area contributed by atoms with E-state index in [0.29, 0.717) is 24.2 Å². The van der Waals surface area contributed by atoms with Crippen LogP contribution in [0.15, 0.2) is 42.5 Å². The van der Waals surface area contributed by atoms with E-state index in [1.54, 1.807) is 24.3 Å². The number of rotatable bonds is 4. The third-order valence-corrected chi connectivity index (χ3v) is 7.61. The Morgan fingerprint density at radius 1 is 1.00 bits per heavy atom. The van der Waals surface area contributed by atoms with Crippen molar-refractivity contribution in [2.45, 2.75) is 45.1 Å². The quantitative estimate of drug-likeness (QED) is 0.856. The van der Waals surface area contributed by atoms with Crippen LogP contribution in [0.25, 0.3) is 0 Å². The van der Waals surface area contributed by atoms with Gasteiger partial charge in [0.15, 0.2) is 0 Å². The smallest absolute Gasteiger partial charge is 0.251 e. The fourth-order valence-electron chi connectivity index (χ4n) is 4.09. The summed E-state index contributed by atoms with van der Waals surface area (Å²) in [4.78, 5) is 12.6. The first kappa shape index (κ1) is 19.0. The number of nitrogens with one attached hydrogen (secondary N) is 1. The van der Waals surface area contributed by atoms with E-state index in [9.17, 15) is 13.2 Å². The van der Waals surface area contributed by atoms with Crippen LogP contribution in [0.5, 0.6) is 0 Å². The van der Waals surface area contributed by atoms with Gasteiger partial charge >= 0.3 is 0 Å². The monoisotopic (exact) mass is 398 g/mol. The van der Waals surface area contributed by atoms with Crippen LogP contribution < -0.4 is 9.62 Å². The molecule has 1 N–H and O–H groups in total. The van der Waals surface area contributed by atoms with E-state index < -0.39 is 10.0 Å². The number of sulfonamides is 1. The highest BCUT2D eigenvalue weighted by molar-refractivity contribution is 7.93. The van der Waals surface area contributed by atoms with E-state index in [2.05, 4.69) is 23.5 Å². The Morgan fingerprint density at radius 3 is 2.39 bits per heavy atom. The maximum Gasteiger partial charge on any atom is 0.251 e. The number of benzene rings is 2. The first-order chi connectivity index (χ1) is 13.4. The Bertz CT molecular complexity index is 983. The number of hydrogen-bond acceptors (Lipinski definition) is 3. The van der Waals surface area contributed by atoms with Gasteiger partial charge in [-0.1, -0.05) is 18.2 Å². The van der Waals surface area contributed by atoms with E-state index in [1.165, 1.54) is 28.3 Å². The number of fused-ring (bicyclic) bond motifs is 1. The molecule has 4 rings (SSSR count). The summed E-state index contributed by atoms with van der Waals surface area (Å²) in [5.74, 6) is 0.0362. The second-order valence-corrected chi connectivity index (χ2v) is 9.73. The maximum absolute atomic E-state index is 12.6. The molecule has 2 aromatic rings. The lowest BCUT2D eigenvalue weighted by Crippen LogP contribution is -2.27. The van der Waals surface area contributed by atoms with Gasteiger partial charge in [0.1, 0.15) is 0 Å². The first-order valence-electron chi connectivity index (χ1n) is 9.97. The van der Waals surface area contributed by atoms with Crippen LogP contribution in [0, 0.1) is 0 Å². The second-order valence-electron chi connectivity index (χ2n) is 7.72. The average molecular weight is 399 g/mol. The normalized spacial score (nSPS) is 19.1. The molecule has 0 saturated carbocycles. The third kappa shape index (κ3) is 3.78. The molecular formula is C22H26N2O3S. The van der Waals surface area contributed by atoms with E-state index in [-0.39, 0.29) is 17.7 Å². The fraction of sp³-hybridized carbons (Fsp3) is 0.409. The number of hydrogen-bond donors (Lipinski definition) is 1. The Morgan fingerprint density at radius 2 is 1.71 bits per heavy atom. The molecule has 1 aliphatic carbocycles. The molecule has 1 amide bonds. The summed E-state index contributed by atoms with van der Waals surface area (Å²) in [6, 6.07) is 13.2. The fourth-order valence-corrected chi connectivity index (χ4v) is 5.66. The van der Waals surface area contributed by atoms with Crippen LogP contribution in [0.4, 0.5) is 5.69 Å². The minimum absolute atomic E-state index is 0.0848. The van der Waals surface area contributed by atoms with Crippen molar-refractivity contribution < 1.29 is 13.2 Å². The highest BCUT2D eigenvalue weighted by Crippen LogP contribution is 2.26. The van der Waals surface area contributed by atoms with Crippen molar-refractivity contribution in [2.75, 3.05) is 16.6 Å². The number of amides is 1. The van der Waals surface area contributed by atoms with E-state index in [0.717, 1.165) is 18.4 Å². The largest absolute Gasteiger partial charge is 0.346 e. The molecule has 1 saturated heterocycles. The molecular weight excluding hydrogens is 372 g/mol. The van der Waals surface area contributed by atoms with Gasteiger partial charge in [-0.25, -0.2) is 8.42 Å². The summed E-state index contributed by atoms with van der Waals surface area (Å²) in [6.07, 6.45) is 5.40. The van der Waals surface area contributed by atoms with Crippen LogP contribution in [0.1, 0.15) is 59.3 Å². The Kier molecular flexibility index (Phi) is 5.15. The van der Waals surface area contributed by atoms with Crippen molar-refractivity contribution in [3.05, 3.63) is 64.7 Å². The van der Waals surface area contributed by atoms with Crippen molar-refractivity contribution >= 4 is 21.6 Å². The molecule has 148 valence electrons. The molecule has 6 heteroatoms. The van der Waals surface area contributed by atoms with Crippen LogP contribution in [0.3, 0.4) is 0 Å². The third-order valence-electron chi connectivity index (χ3n) is 5.74. The van der Waals surface area contributed by atoms with Gasteiger partial charge in [0, 0.05) is 12.1 Å². The molecule has 1 unspecified atom stereocenters. The SMILES string of the molecule is CC(NC(=O)c1ccc(N2CCCS2(=O)=O)cc1)c1ccc2c(c1)CCCC2. The molecule has 2 aliphatic rings. The second kappa shape index (κ2) is 7.59. The maximum atomic E-state index is 12.6.